The molecule has 1 atom stereocenters. The summed E-state index contributed by atoms with van der Waals surface area (Å²) in [6.07, 6.45) is 0. The lowest BCUT2D eigenvalue weighted by molar-refractivity contribution is 0.482. The van der Waals surface area contributed by atoms with Gasteiger partial charge in [0.25, 0.3) is 0 Å². The molecule has 0 radical (unpaired) electrons. The topological polar surface area (TPSA) is 35.2 Å². The van der Waals surface area contributed by atoms with Gasteiger partial charge in [-0.15, -0.1) is 0 Å². The maximum absolute atomic E-state index is 6.10. The van der Waals surface area contributed by atoms with E-state index in [1.165, 1.54) is 0 Å². The van der Waals surface area contributed by atoms with Crippen LogP contribution in [0.2, 0.25) is 10.0 Å². The molecule has 0 fully saturated rings. The lowest BCUT2D eigenvalue weighted by Gasteiger charge is -2.10. The second-order valence-electron chi connectivity index (χ2n) is 4.16. The van der Waals surface area contributed by atoms with Crippen molar-refractivity contribution in [2.45, 2.75) is 13.0 Å². The first kappa shape index (κ1) is 14.7. The van der Waals surface area contributed by atoms with Crippen LogP contribution in [0.5, 0.6) is 11.5 Å². The van der Waals surface area contributed by atoms with E-state index in [1.54, 1.807) is 12.1 Å². The molecule has 2 aromatic carbocycles. The molecule has 0 saturated heterocycles. The molecule has 0 saturated carbocycles. The Morgan fingerprint density at radius 1 is 1.11 bits per heavy atom. The van der Waals surface area contributed by atoms with Crippen LogP contribution in [-0.4, -0.2) is 0 Å². The summed E-state index contributed by atoms with van der Waals surface area (Å²) in [5.74, 6) is 1.20. The summed E-state index contributed by atoms with van der Waals surface area (Å²) in [6.45, 7) is 1.93. The quantitative estimate of drug-likeness (QED) is 0.726. The fourth-order valence-electron chi connectivity index (χ4n) is 1.55. The van der Waals surface area contributed by atoms with E-state index in [1.807, 2.05) is 31.2 Å². The smallest absolute Gasteiger partial charge is 0.147 e. The van der Waals surface area contributed by atoms with Gasteiger partial charge in [0.05, 0.1) is 10.0 Å². The van der Waals surface area contributed by atoms with Crippen LogP contribution >= 0.6 is 39.1 Å². The molecule has 2 aromatic rings. The van der Waals surface area contributed by atoms with Crippen LogP contribution in [-0.2, 0) is 0 Å². The molecule has 0 aliphatic carbocycles. The lowest BCUT2D eigenvalue weighted by Crippen LogP contribution is -2.04. The maximum atomic E-state index is 6.10. The zero-order chi connectivity index (χ0) is 14.0. The van der Waals surface area contributed by atoms with Gasteiger partial charge in [0, 0.05) is 16.6 Å². The average Bonchev–Trinajstić information content (AvgIpc) is 2.36. The van der Waals surface area contributed by atoms with E-state index in [2.05, 4.69) is 15.9 Å². The van der Waals surface area contributed by atoms with Crippen LogP contribution in [0.3, 0.4) is 0 Å². The Labute approximate surface area is 130 Å². The highest BCUT2D eigenvalue weighted by Gasteiger charge is 2.08. The van der Waals surface area contributed by atoms with E-state index in [0.29, 0.717) is 21.5 Å². The van der Waals surface area contributed by atoms with Gasteiger partial charge in [0.1, 0.15) is 11.5 Å². The van der Waals surface area contributed by atoms with Crippen molar-refractivity contribution in [1.29, 1.82) is 0 Å². The van der Waals surface area contributed by atoms with E-state index in [0.717, 1.165) is 10.0 Å². The predicted molar refractivity (Wildman–Crippen MR) is 83.3 cm³/mol. The van der Waals surface area contributed by atoms with Gasteiger partial charge >= 0.3 is 0 Å². The molecule has 2 N–H and O–H groups in total. The number of hydrogen-bond donors (Lipinski definition) is 1. The van der Waals surface area contributed by atoms with Gasteiger partial charge < -0.3 is 10.5 Å². The molecule has 0 bridgehead atoms. The summed E-state index contributed by atoms with van der Waals surface area (Å²) in [5, 5.41) is 1.04. The standard InChI is InChI=1S/C14H12BrCl2NO/c1-8(18)9-2-4-10(5-3-9)19-14-7-12(16)11(15)6-13(14)17/h2-8H,18H2,1H3/t8-/m0/s1. The summed E-state index contributed by atoms with van der Waals surface area (Å²) >= 11 is 15.4. The lowest BCUT2D eigenvalue weighted by atomic mass is 10.1. The molecular weight excluding hydrogens is 349 g/mol. The number of ether oxygens (including phenoxy) is 1. The van der Waals surface area contributed by atoms with Gasteiger partial charge in [-0.1, -0.05) is 35.3 Å². The normalized spacial score (nSPS) is 12.3. The van der Waals surface area contributed by atoms with Gasteiger partial charge in [0.2, 0.25) is 0 Å². The molecule has 2 rings (SSSR count). The third-order valence-electron chi connectivity index (χ3n) is 2.61. The molecule has 0 aliphatic heterocycles. The third kappa shape index (κ3) is 3.63. The first-order valence-corrected chi connectivity index (χ1v) is 7.20. The van der Waals surface area contributed by atoms with Gasteiger partial charge in [-0.2, -0.15) is 0 Å². The largest absolute Gasteiger partial charge is 0.456 e. The SMILES string of the molecule is C[C@H](N)c1ccc(Oc2cc(Cl)c(Br)cc2Cl)cc1. The first-order valence-electron chi connectivity index (χ1n) is 5.65. The van der Waals surface area contributed by atoms with Gasteiger partial charge in [-0.05, 0) is 46.6 Å². The van der Waals surface area contributed by atoms with E-state index >= 15 is 0 Å². The molecule has 0 aromatic heterocycles. The highest BCUT2D eigenvalue weighted by atomic mass is 79.9. The highest BCUT2D eigenvalue weighted by Crippen LogP contribution is 2.36. The van der Waals surface area contributed by atoms with E-state index in [9.17, 15) is 0 Å². The van der Waals surface area contributed by atoms with Crippen molar-refractivity contribution in [2.24, 2.45) is 5.73 Å². The van der Waals surface area contributed by atoms with E-state index in [-0.39, 0.29) is 6.04 Å². The van der Waals surface area contributed by atoms with Crippen molar-refractivity contribution >= 4 is 39.1 Å². The summed E-state index contributed by atoms with van der Waals surface area (Å²) in [6, 6.07) is 10.9. The molecule has 5 heteroatoms. The Balaban J connectivity index is 2.24. The number of hydrogen-bond acceptors (Lipinski definition) is 2. The molecule has 19 heavy (non-hydrogen) atoms. The fraction of sp³-hybridized carbons (Fsp3) is 0.143. The van der Waals surface area contributed by atoms with Crippen LogP contribution in [0.1, 0.15) is 18.5 Å². The van der Waals surface area contributed by atoms with Crippen LogP contribution in [0.4, 0.5) is 0 Å². The predicted octanol–water partition coefficient (Wildman–Crippen LogP) is 5.57. The third-order valence-corrected chi connectivity index (χ3v) is 4.10. The minimum atomic E-state index is -0.000219. The van der Waals surface area contributed by atoms with Gasteiger partial charge in [0.15, 0.2) is 0 Å². The zero-order valence-electron chi connectivity index (χ0n) is 10.2. The van der Waals surface area contributed by atoms with Crippen LogP contribution in [0.25, 0.3) is 0 Å². The summed E-state index contributed by atoms with van der Waals surface area (Å²) in [7, 11) is 0. The number of rotatable bonds is 3. The van der Waals surface area contributed by atoms with Crippen molar-refractivity contribution in [3.8, 4) is 11.5 Å². The van der Waals surface area contributed by atoms with Crippen LogP contribution in [0, 0.1) is 0 Å². The van der Waals surface area contributed by atoms with Crippen molar-refractivity contribution in [3.63, 3.8) is 0 Å². The number of nitrogens with two attached hydrogens (primary N) is 1. The van der Waals surface area contributed by atoms with E-state index < -0.39 is 0 Å². The second-order valence-corrected chi connectivity index (χ2v) is 5.83. The number of benzene rings is 2. The molecular formula is C14H12BrCl2NO. The summed E-state index contributed by atoms with van der Waals surface area (Å²) in [5.41, 5.74) is 6.84. The molecule has 0 spiro atoms. The Hall–Kier alpha value is -0.740. The molecule has 0 unspecified atom stereocenters. The minimum absolute atomic E-state index is 0.000219. The molecule has 2 nitrogen and oxygen atoms in total. The zero-order valence-corrected chi connectivity index (χ0v) is 13.3. The van der Waals surface area contributed by atoms with E-state index in [4.69, 9.17) is 33.7 Å². The Kier molecular flexibility index (Phi) is 4.74. The summed E-state index contributed by atoms with van der Waals surface area (Å²) in [4.78, 5) is 0. The molecule has 100 valence electrons. The fourth-order valence-corrected chi connectivity index (χ4v) is 2.38. The second kappa shape index (κ2) is 6.14. The Bertz CT molecular complexity index is 585. The Morgan fingerprint density at radius 3 is 2.32 bits per heavy atom. The molecule has 0 amide bonds. The van der Waals surface area contributed by atoms with Crippen LogP contribution < -0.4 is 10.5 Å². The monoisotopic (exact) mass is 359 g/mol. The van der Waals surface area contributed by atoms with Crippen molar-refractivity contribution < 1.29 is 4.74 Å². The molecule has 0 heterocycles. The minimum Gasteiger partial charge on any atom is -0.456 e. The number of halogens is 3. The molecule has 0 aliphatic rings. The van der Waals surface area contributed by atoms with Crippen molar-refractivity contribution in [3.05, 3.63) is 56.5 Å². The summed E-state index contributed by atoms with van der Waals surface area (Å²) < 4.78 is 6.44. The highest BCUT2D eigenvalue weighted by molar-refractivity contribution is 9.10. The van der Waals surface area contributed by atoms with Crippen molar-refractivity contribution in [1.82, 2.24) is 0 Å². The Morgan fingerprint density at radius 2 is 1.74 bits per heavy atom. The first-order chi connectivity index (χ1) is 8.97. The van der Waals surface area contributed by atoms with Gasteiger partial charge in [-0.25, -0.2) is 0 Å². The maximum Gasteiger partial charge on any atom is 0.147 e. The average molecular weight is 361 g/mol. The van der Waals surface area contributed by atoms with Gasteiger partial charge in [-0.3, -0.25) is 0 Å². The van der Waals surface area contributed by atoms with Crippen molar-refractivity contribution in [2.75, 3.05) is 0 Å². The van der Waals surface area contributed by atoms with Crippen LogP contribution in [0.15, 0.2) is 40.9 Å².